The van der Waals surface area contributed by atoms with Crippen LogP contribution in [0.15, 0.2) is 35.8 Å². The molecule has 0 spiro atoms. The number of nitrogens with one attached hydrogen (secondary N) is 1. The van der Waals surface area contributed by atoms with E-state index in [0.717, 1.165) is 11.3 Å². The van der Waals surface area contributed by atoms with Gasteiger partial charge in [-0.25, -0.2) is 0 Å². The molecule has 0 aromatic heterocycles. The number of allylic oxidation sites excluding steroid dienone is 1. The van der Waals surface area contributed by atoms with Crippen LogP contribution in [0.2, 0.25) is 0 Å². The molecule has 0 radical (unpaired) electrons. The van der Waals surface area contributed by atoms with Crippen LogP contribution in [0.25, 0.3) is 0 Å². The first-order valence-corrected chi connectivity index (χ1v) is 5.52. The molecule has 0 aliphatic carbocycles. The van der Waals surface area contributed by atoms with Gasteiger partial charge in [-0.1, -0.05) is 18.2 Å². The van der Waals surface area contributed by atoms with Crippen molar-refractivity contribution in [1.82, 2.24) is 0 Å². The molecule has 0 fully saturated rings. The van der Waals surface area contributed by atoms with Crippen molar-refractivity contribution >= 4 is 11.6 Å². The van der Waals surface area contributed by atoms with E-state index in [2.05, 4.69) is 5.32 Å². The van der Waals surface area contributed by atoms with Gasteiger partial charge in [0.2, 0.25) is 5.76 Å². The van der Waals surface area contributed by atoms with Crippen molar-refractivity contribution in [3.63, 3.8) is 0 Å². The van der Waals surface area contributed by atoms with Gasteiger partial charge in [0, 0.05) is 5.69 Å². The van der Waals surface area contributed by atoms with Crippen molar-refractivity contribution in [2.45, 2.75) is 13.8 Å². The largest absolute Gasteiger partial charge is 0.491 e. The van der Waals surface area contributed by atoms with Gasteiger partial charge in [0.15, 0.2) is 0 Å². The van der Waals surface area contributed by atoms with Crippen LogP contribution in [0.3, 0.4) is 0 Å². The maximum Gasteiger partial charge on any atom is 0.294 e. The Morgan fingerprint density at radius 3 is 2.59 bits per heavy atom. The van der Waals surface area contributed by atoms with Crippen molar-refractivity contribution < 1.29 is 14.3 Å². The fourth-order valence-corrected chi connectivity index (χ4v) is 1.62. The first kappa shape index (κ1) is 11.5. The molecule has 4 nitrogen and oxygen atoms in total. The molecule has 1 heterocycles. The number of carbonyl (C=O) groups excluding carboxylic acids is 1. The zero-order chi connectivity index (χ0) is 12.3. The van der Waals surface area contributed by atoms with Crippen LogP contribution in [0, 0.1) is 6.92 Å². The van der Waals surface area contributed by atoms with Gasteiger partial charge in [-0.2, -0.15) is 0 Å². The second-order valence-corrected chi connectivity index (χ2v) is 3.85. The van der Waals surface area contributed by atoms with E-state index >= 15 is 0 Å². The predicted octanol–water partition coefficient (Wildman–Crippen LogP) is 2.21. The van der Waals surface area contributed by atoms with Crippen molar-refractivity contribution in [3.05, 3.63) is 41.3 Å². The predicted molar refractivity (Wildman–Crippen MR) is 64.4 cm³/mol. The van der Waals surface area contributed by atoms with Crippen LogP contribution >= 0.6 is 0 Å². The Labute approximate surface area is 100 Å². The van der Waals surface area contributed by atoms with E-state index in [9.17, 15) is 4.79 Å². The van der Waals surface area contributed by atoms with Crippen LogP contribution in [0.1, 0.15) is 12.5 Å². The van der Waals surface area contributed by atoms with E-state index < -0.39 is 0 Å². The molecule has 1 amide bonds. The number of aryl methyl sites for hydroxylation is 1. The third kappa shape index (κ3) is 2.58. The number of carbonyl (C=O) groups is 1. The number of rotatable bonds is 2. The molecule has 0 bridgehead atoms. The van der Waals surface area contributed by atoms with E-state index in [1.54, 1.807) is 6.92 Å². The molecule has 17 heavy (non-hydrogen) atoms. The lowest BCUT2D eigenvalue weighted by atomic mass is 10.2. The van der Waals surface area contributed by atoms with Gasteiger partial charge in [-0.3, -0.25) is 4.79 Å². The Bertz CT molecular complexity index is 465. The number of para-hydroxylation sites is 1. The normalized spacial score (nSPS) is 14.9. The van der Waals surface area contributed by atoms with Gasteiger partial charge in [0.05, 0.1) is 0 Å². The molecule has 0 saturated carbocycles. The van der Waals surface area contributed by atoms with Crippen LogP contribution in [-0.2, 0) is 14.3 Å². The van der Waals surface area contributed by atoms with Crippen LogP contribution in [0.4, 0.5) is 5.69 Å². The Morgan fingerprint density at radius 1 is 1.18 bits per heavy atom. The highest BCUT2D eigenvalue weighted by atomic mass is 16.6. The Morgan fingerprint density at radius 2 is 1.88 bits per heavy atom. The summed E-state index contributed by atoms with van der Waals surface area (Å²) in [4.78, 5) is 12.0. The topological polar surface area (TPSA) is 47.6 Å². The molecule has 1 aliphatic rings. The molecular formula is C13H15NO3. The minimum absolute atomic E-state index is 0.263. The average molecular weight is 233 g/mol. The summed E-state index contributed by atoms with van der Waals surface area (Å²) in [6, 6.07) is 7.60. The molecule has 0 unspecified atom stereocenters. The first-order valence-electron chi connectivity index (χ1n) is 5.52. The monoisotopic (exact) mass is 233 g/mol. The Balaban J connectivity index is 2.15. The summed E-state index contributed by atoms with van der Waals surface area (Å²) >= 11 is 0. The van der Waals surface area contributed by atoms with Crippen molar-refractivity contribution in [2.24, 2.45) is 0 Å². The van der Waals surface area contributed by atoms with Crippen LogP contribution in [0.5, 0.6) is 0 Å². The highest BCUT2D eigenvalue weighted by molar-refractivity contribution is 6.03. The van der Waals surface area contributed by atoms with Gasteiger partial charge in [0.25, 0.3) is 5.91 Å². The molecular weight excluding hydrogens is 218 g/mol. The number of benzene rings is 1. The second-order valence-electron chi connectivity index (χ2n) is 3.85. The third-order valence-corrected chi connectivity index (χ3v) is 2.57. The highest BCUT2D eigenvalue weighted by Crippen LogP contribution is 2.18. The van der Waals surface area contributed by atoms with Crippen molar-refractivity contribution in [3.8, 4) is 0 Å². The fourth-order valence-electron chi connectivity index (χ4n) is 1.62. The third-order valence-electron chi connectivity index (χ3n) is 2.57. The first-order chi connectivity index (χ1) is 8.18. The average Bonchev–Trinajstić information content (AvgIpc) is 2.32. The lowest BCUT2D eigenvalue weighted by Crippen LogP contribution is -2.23. The van der Waals surface area contributed by atoms with Gasteiger partial charge in [-0.15, -0.1) is 0 Å². The van der Waals surface area contributed by atoms with Crippen molar-refractivity contribution in [1.29, 1.82) is 0 Å². The van der Waals surface area contributed by atoms with E-state index in [-0.39, 0.29) is 11.7 Å². The van der Waals surface area contributed by atoms with E-state index in [4.69, 9.17) is 9.47 Å². The quantitative estimate of drug-likeness (QED) is 0.852. The summed E-state index contributed by atoms with van der Waals surface area (Å²) in [7, 11) is 0. The van der Waals surface area contributed by atoms with Gasteiger partial charge < -0.3 is 14.8 Å². The molecule has 1 aromatic carbocycles. The summed E-state index contributed by atoms with van der Waals surface area (Å²) < 4.78 is 10.6. The molecule has 90 valence electrons. The van der Waals surface area contributed by atoms with E-state index in [0.29, 0.717) is 19.0 Å². The molecule has 1 aromatic rings. The Kier molecular flexibility index (Phi) is 3.32. The molecule has 2 rings (SSSR count). The summed E-state index contributed by atoms with van der Waals surface area (Å²) in [6.45, 7) is 4.57. The molecule has 4 heteroatoms. The molecule has 1 N–H and O–H groups in total. The molecule has 1 aliphatic heterocycles. The smallest absolute Gasteiger partial charge is 0.294 e. The summed E-state index contributed by atoms with van der Waals surface area (Å²) in [5, 5.41) is 2.81. The fraction of sp³-hybridized carbons (Fsp3) is 0.308. The molecule has 0 saturated heterocycles. The van der Waals surface area contributed by atoms with Gasteiger partial charge in [-0.05, 0) is 25.5 Å². The van der Waals surface area contributed by atoms with Crippen molar-refractivity contribution in [2.75, 3.05) is 18.5 Å². The maximum absolute atomic E-state index is 12.0. The zero-order valence-electron chi connectivity index (χ0n) is 9.95. The van der Waals surface area contributed by atoms with Crippen LogP contribution in [-0.4, -0.2) is 19.1 Å². The summed E-state index contributed by atoms with van der Waals surface area (Å²) in [5.41, 5.74) is 1.79. The minimum atomic E-state index is -0.267. The Hall–Kier alpha value is -1.97. The van der Waals surface area contributed by atoms with Gasteiger partial charge >= 0.3 is 0 Å². The lowest BCUT2D eigenvalue weighted by Gasteiger charge is -2.19. The second kappa shape index (κ2) is 4.91. The number of anilines is 1. The zero-order valence-corrected chi connectivity index (χ0v) is 9.95. The maximum atomic E-state index is 12.0. The number of hydrogen-bond donors (Lipinski definition) is 1. The lowest BCUT2D eigenvalue weighted by molar-refractivity contribution is -0.117. The highest BCUT2D eigenvalue weighted by Gasteiger charge is 2.20. The number of amides is 1. The molecule has 0 atom stereocenters. The SMILES string of the molecule is CC1=C(C(=O)Nc2ccccc2C)OCCO1. The number of hydrogen-bond acceptors (Lipinski definition) is 3. The van der Waals surface area contributed by atoms with Gasteiger partial charge in [0.1, 0.15) is 19.0 Å². The van der Waals surface area contributed by atoms with Crippen LogP contribution < -0.4 is 5.32 Å². The van der Waals surface area contributed by atoms with E-state index in [1.807, 2.05) is 31.2 Å². The minimum Gasteiger partial charge on any atom is -0.491 e. The summed E-state index contributed by atoms with van der Waals surface area (Å²) in [6.07, 6.45) is 0. The standard InChI is InChI=1S/C13H15NO3/c1-9-5-3-4-6-11(9)14-13(15)12-10(2)16-7-8-17-12/h3-6H,7-8H2,1-2H3,(H,14,15). The number of ether oxygens (including phenoxy) is 2. The summed E-state index contributed by atoms with van der Waals surface area (Å²) in [5.74, 6) is 0.526. The van der Waals surface area contributed by atoms with E-state index in [1.165, 1.54) is 0 Å².